The third-order valence-electron chi connectivity index (χ3n) is 5.63. The molecule has 1 aliphatic carbocycles. The van der Waals surface area contributed by atoms with Gasteiger partial charge in [0.2, 0.25) is 5.91 Å². The molecule has 0 spiro atoms. The van der Waals surface area contributed by atoms with Gasteiger partial charge in [-0.05, 0) is 55.7 Å². The summed E-state index contributed by atoms with van der Waals surface area (Å²) in [6.07, 6.45) is 7.02. The zero-order valence-corrected chi connectivity index (χ0v) is 15.7. The van der Waals surface area contributed by atoms with Crippen molar-refractivity contribution in [3.05, 3.63) is 29.8 Å². The Morgan fingerprint density at radius 2 is 2.08 bits per heavy atom. The van der Waals surface area contributed by atoms with Gasteiger partial charge in [-0.15, -0.1) is 0 Å². The van der Waals surface area contributed by atoms with E-state index >= 15 is 0 Å². The molecule has 1 amide bonds. The van der Waals surface area contributed by atoms with Crippen LogP contribution in [0.2, 0.25) is 0 Å². The monoisotopic (exact) mass is 344 g/mol. The zero-order valence-electron chi connectivity index (χ0n) is 15.7. The summed E-state index contributed by atoms with van der Waals surface area (Å²) in [5.41, 5.74) is 1.27. The fourth-order valence-electron chi connectivity index (χ4n) is 4.08. The molecule has 4 nitrogen and oxygen atoms in total. The smallest absolute Gasteiger partial charge is 0.222 e. The van der Waals surface area contributed by atoms with Gasteiger partial charge in [-0.2, -0.15) is 0 Å². The minimum absolute atomic E-state index is 0.280. The van der Waals surface area contributed by atoms with Crippen molar-refractivity contribution in [1.29, 1.82) is 0 Å². The van der Waals surface area contributed by atoms with Crippen molar-refractivity contribution in [3.8, 4) is 5.75 Å². The summed E-state index contributed by atoms with van der Waals surface area (Å²) in [5, 5.41) is 3.69. The molecule has 0 radical (unpaired) electrons. The standard InChI is InChI=1S/C21H32N2O2/c1-3-21(24)23-12-11-20(16(2)15-23)22-14-17-7-6-10-19(13-17)25-18-8-4-5-9-18/h6-7,10,13,16,18,20,22H,3-5,8-9,11-12,14-15H2,1-2H3/t16-,20+/m1/s1. The highest BCUT2D eigenvalue weighted by Crippen LogP contribution is 2.25. The first-order valence-corrected chi connectivity index (χ1v) is 9.92. The molecule has 1 N–H and O–H groups in total. The topological polar surface area (TPSA) is 41.6 Å². The maximum Gasteiger partial charge on any atom is 0.222 e. The van der Waals surface area contributed by atoms with Gasteiger partial charge in [-0.3, -0.25) is 4.79 Å². The molecule has 1 saturated carbocycles. The molecule has 1 aromatic rings. The lowest BCUT2D eigenvalue weighted by Gasteiger charge is -2.37. The Bertz CT molecular complexity index is 569. The van der Waals surface area contributed by atoms with Crippen molar-refractivity contribution in [1.82, 2.24) is 10.2 Å². The molecule has 4 heteroatoms. The maximum atomic E-state index is 11.9. The quantitative estimate of drug-likeness (QED) is 0.855. The second kappa shape index (κ2) is 8.70. The van der Waals surface area contributed by atoms with Gasteiger partial charge < -0.3 is 15.0 Å². The van der Waals surface area contributed by atoms with E-state index in [1.807, 2.05) is 11.8 Å². The second-order valence-electron chi connectivity index (χ2n) is 7.62. The fraction of sp³-hybridized carbons (Fsp3) is 0.667. The van der Waals surface area contributed by atoms with Crippen LogP contribution in [0.5, 0.6) is 5.75 Å². The Balaban J connectivity index is 1.49. The Kier molecular flexibility index (Phi) is 6.35. The minimum atomic E-state index is 0.280. The fourth-order valence-corrected chi connectivity index (χ4v) is 4.08. The maximum absolute atomic E-state index is 11.9. The first-order valence-electron chi connectivity index (χ1n) is 9.92. The summed E-state index contributed by atoms with van der Waals surface area (Å²) in [6, 6.07) is 8.97. The number of nitrogens with one attached hydrogen (secondary N) is 1. The van der Waals surface area contributed by atoms with Gasteiger partial charge in [0.15, 0.2) is 0 Å². The number of carbonyl (C=O) groups is 1. The van der Waals surface area contributed by atoms with E-state index in [1.165, 1.54) is 31.2 Å². The summed E-state index contributed by atoms with van der Waals surface area (Å²) < 4.78 is 6.11. The van der Waals surface area contributed by atoms with Crippen LogP contribution >= 0.6 is 0 Å². The highest BCUT2D eigenvalue weighted by Gasteiger charge is 2.27. The summed E-state index contributed by atoms with van der Waals surface area (Å²) in [7, 11) is 0. The van der Waals surface area contributed by atoms with Crippen LogP contribution in [0, 0.1) is 5.92 Å². The predicted molar refractivity (Wildman–Crippen MR) is 101 cm³/mol. The van der Waals surface area contributed by atoms with Crippen LogP contribution in [0.3, 0.4) is 0 Å². The van der Waals surface area contributed by atoms with E-state index in [0.29, 0.717) is 24.5 Å². The average molecular weight is 344 g/mol. The zero-order chi connectivity index (χ0) is 17.6. The van der Waals surface area contributed by atoms with E-state index in [-0.39, 0.29) is 5.91 Å². The number of nitrogens with zero attached hydrogens (tertiary/aromatic N) is 1. The Labute approximate surface area is 151 Å². The number of rotatable bonds is 6. The summed E-state index contributed by atoms with van der Waals surface area (Å²) >= 11 is 0. The minimum Gasteiger partial charge on any atom is -0.490 e. The van der Waals surface area contributed by atoms with Crippen molar-refractivity contribution in [3.63, 3.8) is 0 Å². The molecule has 2 fully saturated rings. The van der Waals surface area contributed by atoms with Gasteiger partial charge in [0.05, 0.1) is 6.10 Å². The molecule has 138 valence electrons. The average Bonchev–Trinajstić information content (AvgIpc) is 3.13. The van der Waals surface area contributed by atoms with Gasteiger partial charge in [0, 0.05) is 32.1 Å². The van der Waals surface area contributed by atoms with Crippen LogP contribution in [-0.2, 0) is 11.3 Å². The van der Waals surface area contributed by atoms with E-state index < -0.39 is 0 Å². The van der Waals surface area contributed by atoms with Gasteiger partial charge in [-0.1, -0.05) is 26.0 Å². The molecule has 25 heavy (non-hydrogen) atoms. The normalized spacial score (nSPS) is 24.5. The molecule has 0 aromatic heterocycles. The first kappa shape index (κ1) is 18.2. The number of piperidine rings is 1. The summed E-state index contributed by atoms with van der Waals surface area (Å²) in [4.78, 5) is 13.9. The Hall–Kier alpha value is -1.55. The lowest BCUT2D eigenvalue weighted by molar-refractivity contribution is -0.132. The van der Waals surface area contributed by atoms with Crippen molar-refractivity contribution >= 4 is 5.91 Å². The summed E-state index contributed by atoms with van der Waals surface area (Å²) in [6.45, 7) is 6.79. The number of hydrogen-bond donors (Lipinski definition) is 1. The molecule has 1 heterocycles. The predicted octanol–water partition coefficient (Wildman–Crippen LogP) is 3.74. The molecule has 1 aliphatic heterocycles. The molecule has 1 saturated heterocycles. The number of ether oxygens (including phenoxy) is 1. The third kappa shape index (κ3) is 4.97. The number of amides is 1. The number of likely N-dealkylation sites (tertiary alicyclic amines) is 1. The van der Waals surface area contributed by atoms with Crippen LogP contribution in [-0.4, -0.2) is 36.0 Å². The van der Waals surface area contributed by atoms with Gasteiger partial charge >= 0.3 is 0 Å². The molecule has 0 unspecified atom stereocenters. The molecular weight excluding hydrogens is 312 g/mol. The highest BCUT2D eigenvalue weighted by atomic mass is 16.5. The van der Waals surface area contributed by atoms with Crippen molar-refractivity contribution in [2.75, 3.05) is 13.1 Å². The van der Waals surface area contributed by atoms with Crippen molar-refractivity contribution < 1.29 is 9.53 Å². The van der Waals surface area contributed by atoms with Crippen molar-refractivity contribution in [2.45, 2.75) is 71.1 Å². The second-order valence-corrected chi connectivity index (χ2v) is 7.62. The van der Waals surface area contributed by atoms with Gasteiger partial charge in [-0.25, -0.2) is 0 Å². The largest absolute Gasteiger partial charge is 0.490 e. The van der Waals surface area contributed by atoms with Crippen LogP contribution in [0.1, 0.15) is 57.9 Å². The van der Waals surface area contributed by atoms with E-state index in [4.69, 9.17) is 4.74 Å². The van der Waals surface area contributed by atoms with Gasteiger partial charge in [0.1, 0.15) is 5.75 Å². The molecule has 2 aliphatic rings. The Morgan fingerprint density at radius 3 is 2.80 bits per heavy atom. The van der Waals surface area contributed by atoms with Crippen LogP contribution < -0.4 is 10.1 Å². The number of hydrogen-bond acceptors (Lipinski definition) is 3. The first-order chi connectivity index (χ1) is 12.2. The Morgan fingerprint density at radius 1 is 1.28 bits per heavy atom. The molecule has 1 aromatic carbocycles. The van der Waals surface area contributed by atoms with E-state index in [1.54, 1.807) is 0 Å². The molecular formula is C21H32N2O2. The lowest BCUT2D eigenvalue weighted by Crippen LogP contribution is -2.49. The molecule has 0 bridgehead atoms. The van der Waals surface area contributed by atoms with Crippen LogP contribution in [0.15, 0.2) is 24.3 Å². The highest BCUT2D eigenvalue weighted by molar-refractivity contribution is 5.75. The SMILES string of the molecule is CCC(=O)N1CC[C@H](NCc2cccc(OC3CCCC3)c2)[C@H](C)C1. The van der Waals surface area contributed by atoms with Crippen molar-refractivity contribution in [2.24, 2.45) is 5.92 Å². The van der Waals surface area contributed by atoms with E-state index in [9.17, 15) is 4.79 Å². The number of carbonyl (C=O) groups excluding carboxylic acids is 1. The lowest BCUT2D eigenvalue weighted by atomic mass is 9.93. The summed E-state index contributed by atoms with van der Waals surface area (Å²) in [5.74, 6) is 1.77. The van der Waals surface area contributed by atoms with E-state index in [2.05, 4.69) is 36.5 Å². The van der Waals surface area contributed by atoms with E-state index in [0.717, 1.165) is 31.8 Å². The van der Waals surface area contributed by atoms with Gasteiger partial charge in [0.25, 0.3) is 0 Å². The van der Waals surface area contributed by atoms with Crippen LogP contribution in [0.4, 0.5) is 0 Å². The number of benzene rings is 1. The molecule has 3 rings (SSSR count). The molecule has 2 atom stereocenters. The van der Waals surface area contributed by atoms with Crippen LogP contribution in [0.25, 0.3) is 0 Å². The third-order valence-corrected chi connectivity index (χ3v) is 5.63.